The number of hydrogen-bond donors (Lipinski definition) is 0. The average molecular weight is 156 g/mol. The molecule has 1 atom stereocenters. The van der Waals surface area contributed by atoms with E-state index in [1.54, 1.807) is 0 Å². The molecule has 1 aliphatic heterocycles. The van der Waals surface area contributed by atoms with Crippen LogP contribution in [0.1, 0.15) is 34.1 Å². The molecule has 0 aromatic rings. The lowest BCUT2D eigenvalue weighted by Gasteiger charge is -2.06. The second kappa shape index (κ2) is 3.16. The van der Waals surface area contributed by atoms with Crippen LogP contribution >= 0.6 is 0 Å². The molecule has 11 heavy (non-hydrogen) atoms. The fourth-order valence-corrected chi connectivity index (χ4v) is 1.18. The maximum absolute atomic E-state index is 5.44. The summed E-state index contributed by atoms with van der Waals surface area (Å²) in [7, 11) is 0. The first-order valence-corrected chi connectivity index (χ1v) is 4.12. The van der Waals surface area contributed by atoms with Crippen molar-refractivity contribution in [2.24, 2.45) is 5.92 Å². The molecule has 0 radical (unpaired) electrons. The maximum Gasteiger partial charge on any atom is 0.237 e. The van der Waals surface area contributed by atoms with E-state index < -0.39 is 0 Å². The molecule has 2 nitrogen and oxygen atoms in total. The van der Waals surface area contributed by atoms with E-state index in [-0.39, 0.29) is 6.29 Å². The molecule has 0 bridgehead atoms. The van der Waals surface area contributed by atoms with Crippen molar-refractivity contribution >= 4 is 0 Å². The van der Waals surface area contributed by atoms with Gasteiger partial charge in [0.15, 0.2) is 0 Å². The first kappa shape index (κ1) is 8.44. The summed E-state index contributed by atoms with van der Waals surface area (Å²) < 4.78 is 10.8. The Labute approximate surface area is 68.2 Å². The topological polar surface area (TPSA) is 18.5 Å². The lowest BCUT2D eigenvalue weighted by atomic mass is 10.1. The van der Waals surface area contributed by atoms with E-state index in [1.807, 2.05) is 13.8 Å². The lowest BCUT2D eigenvalue weighted by molar-refractivity contribution is -0.0248. The van der Waals surface area contributed by atoms with Gasteiger partial charge >= 0.3 is 0 Å². The zero-order chi connectivity index (χ0) is 8.43. The molecule has 0 spiro atoms. The summed E-state index contributed by atoms with van der Waals surface area (Å²) in [6, 6.07) is 0. The molecule has 1 aliphatic rings. The van der Waals surface area contributed by atoms with Gasteiger partial charge in [-0.1, -0.05) is 13.8 Å². The highest BCUT2D eigenvalue weighted by atomic mass is 16.7. The van der Waals surface area contributed by atoms with Crippen LogP contribution in [0.25, 0.3) is 0 Å². The van der Waals surface area contributed by atoms with E-state index in [1.165, 1.54) is 0 Å². The van der Waals surface area contributed by atoms with Crippen LogP contribution in [0.15, 0.2) is 11.5 Å². The Hall–Kier alpha value is -0.660. The van der Waals surface area contributed by atoms with Crippen LogP contribution in [0, 0.1) is 5.92 Å². The van der Waals surface area contributed by atoms with E-state index in [9.17, 15) is 0 Å². The van der Waals surface area contributed by atoms with Crippen LogP contribution < -0.4 is 0 Å². The highest BCUT2D eigenvalue weighted by molar-refractivity contribution is 5.03. The van der Waals surface area contributed by atoms with E-state index in [4.69, 9.17) is 9.47 Å². The largest absolute Gasteiger partial charge is 0.456 e. The fraction of sp³-hybridized carbons (Fsp3) is 0.778. The summed E-state index contributed by atoms with van der Waals surface area (Å²) >= 11 is 0. The van der Waals surface area contributed by atoms with Gasteiger partial charge in [0, 0.05) is 13.3 Å². The molecule has 0 saturated carbocycles. The van der Waals surface area contributed by atoms with Gasteiger partial charge in [-0.15, -0.1) is 0 Å². The summed E-state index contributed by atoms with van der Waals surface area (Å²) in [6.07, 6.45) is 0.902. The first-order valence-electron chi connectivity index (χ1n) is 4.12. The molecule has 0 saturated heterocycles. The molecule has 1 rings (SSSR count). The highest BCUT2D eigenvalue weighted by Crippen LogP contribution is 2.26. The van der Waals surface area contributed by atoms with Gasteiger partial charge in [-0.05, 0) is 12.8 Å². The first-order chi connectivity index (χ1) is 5.09. The third-order valence-corrected chi connectivity index (χ3v) is 1.64. The Morgan fingerprint density at radius 1 is 1.36 bits per heavy atom. The van der Waals surface area contributed by atoms with Gasteiger partial charge in [0.25, 0.3) is 0 Å². The van der Waals surface area contributed by atoms with E-state index in [0.29, 0.717) is 5.92 Å². The van der Waals surface area contributed by atoms with Gasteiger partial charge < -0.3 is 9.47 Å². The zero-order valence-corrected chi connectivity index (χ0v) is 7.68. The zero-order valence-electron chi connectivity index (χ0n) is 7.68. The molecule has 0 N–H and O–H groups in total. The van der Waals surface area contributed by atoms with Gasteiger partial charge in [0.05, 0.1) is 0 Å². The van der Waals surface area contributed by atoms with Crippen molar-refractivity contribution in [1.29, 1.82) is 0 Å². The summed E-state index contributed by atoms with van der Waals surface area (Å²) in [5.74, 6) is 2.60. The standard InChI is InChI=1S/C9H16O2/c1-6(2)5-9-7(3)10-8(4)11-9/h6,8H,5H2,1-4H3. The summed E-state index contributed by atoms with van der Waals surface area (Å²) in [5, 5.41) is 0. The Balaban J connectivity index is 2.51. The molecule has 1 heterocycles. The van der Waals surface area contributed by atoms with Crippen LogP contribution in [0.5, 0.6) is 0 Å². The van der Waals surface area contributed by atoms with Crippen LogP contribution in [-0.2, 0) is 9.47 Å². The second-order valence-electron chi connectivity index (χ2n) is 3.38. The van der Waals surface area contributed by atoms with Gasteiger partial charge in [0.1, 0.15) is 11.5 Å². The molecular weight excluding hydrogens is 140 g/mol. The molecule has 64 valence electrons. The highest BCUT2D eigenvalue weighted by Gasteiger charge is 2.20. The molecule has 0 aromatic carbocycles. The molecule has 1 unspecified atom stereocenters. The number of hydrogen-bond acceptors (Lipinski definition) is 2. The van der Waals surface area contributed by atoms with Crippen LogP contribution in [0.4, 0.5) is 0 Å². The van der Waals surface area contributed by atoms with Gasteiger partial charge in [-0.25, -0.2) is 0 Å². The lowest BCUT2D eigenvalue weighted by Crippen LogP contribution is -2.02. The van der Waals surface area contributed by atoms with Crippen LogP contribution in [0.2, 0.25) is 0 Å². The van der Waals surface area contributed by atoms with Gasteiger partial charge in [-0.2, -0.15) is 0 Å². The normalized spacial score (nSPS) is 23.9. The van der Waals surface area contributed by atoms with E-state index in [2.05, 4.69) is 13.8 Å². The minimum absolute atomic E-state index is 0.0799. The Kier molecular flexibility index (Phi) is 2.42. The Bertz CT molecular complexity index is 170. The number of allylic oxidation sites excluding steroid dienone is 2. The van der Waals surface area contributed by atoms with Crippen molar-refractivity contribution < 1.29 is 9.47 Å². The van der Waals surface area contributed by atoms with Crippen molar-refractivity contribution in [3.05, 3.63) is 11.5 Å². The van der Waals surface area contributed by atoms with Crippen LogP contribution in [-0.4, -0.2) is 6.29 Å². The second-order valence-corrected chi connectivity index (χ2v) is 3.38. The average Bonchev–Trinajstić information content (AvgIpc) is 2.09. The molecule has 0 aromatic heterocycles. The van der Waals surface area contributed by atoms with Crippen molar-refractivity contribution in [2.75, 3.05) is 0 Å². The third kappa shape index (κ3) is 2.14. The Morgan fingerprint density at radius 3 is 2.36 bits per heavy atom. The van der Waals surface area contributed by atoms with Crippen LogP contribution in [0.3, 0.4) is 0 Å². The molecule has 0 aliphatic carbocycles. The summed E-state index contributed by atoms with van der Waals surface area (Å²) in [4.78, 5) is 0. The van der Waals surface area contributed by atoms with E-state index >= 15 is 0 Å². The van der Waals surface area contributed by atoms with E-state index in [0.717, 1.165) is 17.9 Å². The third-order valence-electron chi connectivity index (χ3n) is 1.64. The maximum atomic E-state index is 5.44. The van der Waals surface area contributed by atoms with Gasteiger partial charge in [0.2, 0.25) is 6.29 Å². The summed E-state index contributed by atoms with van der Waals surface area (Å²) in [6.45, 7) is 8.22. The SMILES string of the molecule is CC1=C(CC(C)C)OC(C)O1. The monoisotopic (exact) mass is 156 g/mol. The molecule has 0 amide bonds. The Morgan fingerprint density at radius 2 is 2.00 bits per heavy atom. The minimum atomic E-state index is -0.0799. The van der Waals surface area contributed by atoms with Crippen molar-refractivity contribution in [3.8, 4) is 0 Å². The van der Waals surface area contributed by atoms with Crippen molar-refractivity contribution in [1.82, 2.24) is 0 Å². The molecule has 2 heteroatoms. The quantitative estimate of drug-likeness (QED) is 0.612. The van der Waals surface area contributed by atoms with Gasteiger partial charge in [-0.3, -0.25) is 0 Å². The van der Waals surface area contributed by atoms with Crippen molar-refractivity contribution in [2.45, 2.75) is 40.4 Å². The summed E-state index contributed by atoms with van der Waals surface area (Å²) in [5.41, 5.74) is 0. The number of ether oxygens (including phenoxy) is 2. The predicted octanol–water partition coefficient (Wildman–Crippen LogP) is 2.66. The smallest absolute Gasteiger partial charge is 0.237 e. The number of rotatable bonds is 2. The van der Waals surface area contributed by atoms with Crippen molar-refractivity contribution in [3.63, 3.8) is 0 Å². The molecule has 0 fully saturated rings. The molecular formula is C9H16O2. The minimum Gasteiger partial charge on any atom is -0.456 e. The predicted molar refractivity (Wildman–Crippen MR) is 43.8 cm³/mol. The fourth-order valence-electron chi connectivity index (χ4n) is 1.18.